The van der Waals surface area contributed by atoms with E-state index in [-0.39, 0.29) is 11.7 Å². The summed E-state index contributed by atoms with van der Waals surface area (Å²) < 4.78 is 5.01. The van der Waals surface area contributed by atoms with Crippen molar-refractivity contribution in [2.45, 2.75) is 26.4 Å². The fraction of sp³-hybridized carbons (Fsp3) is 0.294. The van der Waals surface area contributed by atoms with Gasteiger partial charge in [0.1, 0.15) is 6.04 Å². The van der Waals surface area contributed by atoms with E-state index in [1.807, 2.05) is 31.2 Å². The molecule has 1 N–H and O–H groups in total. The second-order valence-corrected chi connectivity index (χ2v) is 5.29. The highest BCUT2D eigenvalue weighted by molar-refractivity contribution is 5.95. The molecule has 5 heteroatoms. The molecule has 2 rings (SSSR count). The lowest BCUT2D eigenvalue weighted by atomic mass is 10.1. The van der Waals surface area contributed by atoms with Crippen molar-refractivity contribution >= 4 is 11.8 Å². The standard InChI is InChI=1S/C17H20N2O3/c1-12-7-4-5-8-14(12)11-19(3)17(21)13(2)18-16(20)15-9-6-10-22-15/h4-10,13H,11H2,1-3H3,(H,18,20)/t13-/m0/s1. The summed E-state index contributed by atoms with van der Waals surface area (Å²) in [5.41, 5.74) is 2.22. The van der Waals surface area contributed by atoms with Gasteiger partial charge in [-0.3, -0.25) is 9.59 Å². The number of hydrogen-bond donors (Lipinski definition) is 1. The monoisotopic (exact) mass is 300 g/mol. The maximum atomic E-state index is 12.3. The third-order valence-electron chi connectivity index (χ3n) is 3.51. The molecule has 1 heterocycles. The van der Waals surface area contributed by atoms with Crippen molar-refractivity contribution in [1.82, 2.24) is 10.2 Å². The largest absolute Gasteiger partial charge is 0.459 e. The predicted octanol–water partition coefficient (Wildman–Crippen LogP) is 2.36. The Bertz CT molecular complexity index is 650. The number of nitrogens with one attached hydrogen (secondary N) is 1. The van der Waals surface area contributed by atoms with Gasteiger partial charge in [-0.1, -0.05) is 24.3 Å². The minimum atomic E-state index is -0.619. The molecule has 0 aliphatic carbocycles. The van der Waals surface area contributed by atoms with Crippen molar-refractivity contribution in [2.24, 2.45) is 0 Å². The van der Waals surface area contributed by atoms with Crippen LogP contribution in [0.25, 0.3) is 0 Å². The third-order valence-corrected chi connectivity index (χ3v) is 3.51. The number of carbonyl (C=O) groups excluding carboxylic acids is 2. The van der Waals surface area contributed by atoms with E-state index in [0.29, 0.717) is 6.54 Å². The predicted molar refractivity (Wildman–Crippen MR) is 83.3 cm³/mol. The number of amides is 2. The number of benzene rings is 1. The molecule has 0 fully saturated rings. The number of nitrogens with zero attached hydrogens (tertiary/aromatic N) is 1. The first-order valence-corrected chi connectivity index (χ1v) is 7.13. The number of rotatable bonds is 5. The van der Waals surface area contributed by atoms with Gasteiger partial charge < -0.3 is 14.6 Å². The van der Waals surface area contributed by atoms with E-state index in [4.69, 9.17) is 4.42 Å². The number of carbonyl (C=O) groups is 2. The van der Waals surface area contributed by atoms with Gasteiger partial charge in [0, 0.05) is 13.6 Å². The zero-order valence-corrected chi connectivity index (χ0v) is 13.0. The fourth-order valence-electron chi connectivity index (χ4n) is 2.19. The Labute approximate surface area is 129 Å². The van der Waals surface area contributed by atoms with Crippen LogP contribution >= 0.6 is 0 Å². The summed E-state index contributed by atoms with van der Waals surface area (Å²) >= 11 is 0. The second-order valence-electron chi connectivity index (χ2n) is 5.29. The molecule has 0 saturated heterocycles. The van der Waals surface area contributed by atoms with Crippen LogP contribution < -0.4 is 5.32 Å². The van der Waals surface area contributed by atoms with Crippen molar-refractivity contribution in [3.05, 3.63) is 59.5 Å². The Balaban J connectivity index is 1.95. The summed E-state index contributed by atoms with van der Waals surface area (Å²) in [6.07, 6.45) is 1.42. The van der Waals surface area contributed by atoms with Gasteiger partial charge in [0.25, 0.3) is 5.91 Å². The second kappa shape index (κ2) is 6.93. The molecular formula is C17H20N2O3. The van der Waals surface area contributed by atoms with E-state index in [1.54, 1.807) is 31.0 Å². The molecule has 5 nitrogen and oxygen atoms in total. The smallest absolute Gasteiger partial charge is 0.287 e. The quantitative estimate of drug-likeness (QED) is 0.922. The van der Waals surface area contributed by atoms with Crippen LogP contribution in [0.5, 0.6) is 0 Å². The Morgan fingerprint density at radius 1 is 1.23 bits per heavy atom. The van der Waals surface area contributed by atoms with E-state index in [1.165, 1.54) is 6.26 Å². The van der Waals surface area contributed by atoms with Crippen LogP contribution in [0.15, 0.2) is 47.1 Å². The first-order valence-electron chi connectivity index (χ1n) is 7.13. The van der Waals surface area contributed by atoms with Gasteiger partial charge in [-0.25, -0.2) is 0 Å². The maximum absolute atomic E-state index is 12.3. The summed E-state index contributed by atoms with van der Waals surface area (Å²) in [6.45, 7) is 4.18. The highest BCUT2D eigenvalue weighted by Crippen LogP contribution is 2.10. The molecule has 1 aromatic heterocycles. The van der Waals surface area contributed by atoms with Crippen LogP contribution in [0.4, 0.5) is 0 Å². The fourth-order valence-corrected chi connectivity index (χ4v) is 2.19. The summed E-state index contributed by atoms with van der Waals surface area (Å²) in [6, 6.07) is 10.5. The number of aryl methyl sites for hydroxylation is 1. The van der Waals surface area contributed by atoms with Crippen LogP contribution in [-0.4, -0.2) is 29.8 Å². The van der Waals surface area contributed by atoms with Gasteiger partial charge in [-0.2, -0.15) is 0 Å². The van der Waals surface area contributed by atoms with E-state index >= 15 is 0 Å². The van der Waals surface area contributed by atoms with Gasteiger partial charge in [-0.15, -0.1) is 0 Å². The summed E-state index contributed by atoms with van der Waals surface area (Å²) in [5.74, 6) is -0.348. The van der Waals surface area contributed by atoms with E-state index < -0.39 is 11.9 Å². The van der Waals surface area contributed by atoms with Gasteiger partial charge >= 0.3 is 0 Å². The van der Waals surface area contributed by atoms with Gasteiger partial charge in [-0.05, 0) is 37.1 Å². The molecule has 1 atom stereocenters. The third kappa shape index (κ3) is 3.75. The Morgan fingerprint density at radius 3 is 2.59 bits per heavy atom. The van der Waals surface area contributed by atoms with Gasteiger partial charge in [0.05, 0.1) is 6.26 Å². The van der Waals surface area contributed by atoms with Crippen LogP contribution in [-0.2, 0) is 11.3 Å². The highest BCUT2D eigenvalue weighted by Gasteiger charge is 2.21. The zero-order chi connectivity index (χ0) is 16.1. The molecule has 0 bridgehead atoms. The van der Waals surface area contributed by atoms with Crippen LogP contribution in [0.1, 0.15) is 28.6 Å². The van der Waals surface area contributed by atoms with E-state index in [2.05, 4.69) is 5.32 Å². The first kappa shape index (κ1) is 15.8. The van der Waals surface area contributed by atoms with Crippen LogP contribution in [0.3, 0.4) is 0 Å². The zero-order valence-electron chi connectivity index (χ0n) is 13.0. The topological polar surface area (TPSA) is 62.6 Å². The minimum absolute atomic E-state index is 0.150. The van der Waals surface area contributed by atoms with Gasteiger partial charge in [0.2, 0.25) is 5.91 Å². The van der Waals surface area contributed by atoms with Crippen LogP contribution in [0, 0.1) is 6.92 Å². The summed E-state index contributed by atoms with van der Waals surface area (Å²) in [4.78, 5) is 25.8. The molecule has 2 amide bonds. The Morgan fingerprint density at radius 2 is 1.95 bits per heavy atom. The molecule has 1 aromatic carbocycles. The van der Waals surface area contributed by atoms with Crippen molar-refractivity contribution in [3.63, 3.8) is 0 Å². The molecule has 22 heavy (non-hydrogen) atoms. The SMILES string of the molecule is Cc1ccccc1CN(C)C(=O)[C@H](C)NC(=O)c1ccco1. The molecular weight excluding hydrogens is 280 g/mol. The average molecular weight is 300 g/mol. The van der Waals surface area contributed by atoms with Crippen LogP contribution in [0.2, 0.25) is 0 Å². The molecule has 116 valence electrons. The lowest BCUT2D eigenvalue weighted by Gasteiger charge is -2.22. The highest BCUT2D eigenvalue weighted by atomic mass is 16.3. The summed E-state index contributed by atoms with van der Waals surface area (Å²) in [5, 5.41) is 2.64. The van der Waals surface area contributed by atoms with E-state index in [9.17, 15) is 9.59 Å². The Hall–Kier alpha value is -2.56. The maximum Gasteiger partial charge on any atom is 0.287 e. The average Bonchev–Trinajstić information content (AvgIpc) is 3.03. The molecule has 0 saturated carbocycles. The number of furan rings is 1. The summed E-state index contributed by atoms with van der Waals surface area (Å²) in [7, 11) is 1.73. The van der Waals surface area contributed by atoms with Crippen molar-refractivity contribution in [1.29, 1.82) is 0 Å². The lowest BCUT2D eigenvalue weighted by Crippen LogP contribution is -2.45. The molecule has 0 aliphatic heterocycles. The molecule has 0 spiro atoms. The number of likely N-dealkylation sites (N-methyl/N-ethyl adjacent to an activating group) is 1. The lowest BCUT2D eigenvalue weighted by molar-refractivity contribution is -0.132. The normalized spacial score (nSPS) is 11.8. The van der Waals surface area contributed by atoms with E-state index in [0.717, 1.165) is 11.1 Å². The van der Waals surface area contributed by atoms with Crippen molar-refractivity contribution in [2.75, 3.05) is 7.05 Å². The Kier molecular flexibility index (Phi) is 4.99. The number of hydrogen-bond acceptors (Lipinski definition) is 3. The molecule has 0 aliphatic rings. The first-order chi connectivity index (χ1) is 10.5. The van der Waals surface area contributed by atoms with Gasteiger partial charge in [0.15, 0.2) is 5.76 Å². The van der Waals surface area contributed by atoms with Crippen molar-refractivity contribution < 1.29 is 14.0 Å². The van der Waals surface area contributed by atoms with Crippen molar-refractivity contribution in [3.8, 4) is 0 Å². The minimum Gasteiger partial charge on any atom is -0.459 e. The molecule has 0 radical (unpaired) electrons. The molecule has 0 unspecified atom stereocenters. The molecule has 2 aromatic rings.